The smallest absolute Gasteiger partial charge is 0.251 e. The molecule has 3 aromatic rings. The van der Waals surface area contributed by atoms with Gasteiger partial charge in [-0.3, -0.25) is 9.48 Å². The fourth-order valence-electron chi connectivity index (χ4n) is 3.17. The average Bonchev–Trinajstić information content (AvgIpc) is 2.99. The molecule has 0 saturated heterocycles. The van der Waals surface area contributed by atoms with Gasteiger partial charge in [0, 0.05) is 11.3 Å². The first-order valence-electron chi connectivity index (χ1n) is 9.46. The maximum Gasteiger partial charge on any atom is 0.251 e. The number of benzene rings is 2. The van der Waals surface area contributed by atoms with Gasteiger partial charge in [0.15, 0.2) is 0 Å². The van der Waals surface area contributed by atoms with Crippen LogP contribution in [-0.2, 0) is 13.0 Å². The van der Waals surface area contributed by atoms with Crippen LogP contribution in [-0.4, -0.2) is 15.7 Å². The molecule has 1 atom stereocenters. The van der Waals surface area contributed by atoms with E-state index in [4.69, 9.17) is 0 Å². The molecule has 0 spiro atoms. The van der Waals surface area contributed by atoms with E-state index in [9.17, 15) is 4.79 Å². The molecule has 27 heavy (non-hydrogen) atoms. The lowest BCUT2D eigenvalue weighted by atomic mass is 10.0. The summed E-state index contributed by atoms with van der Waals surface area (Å²) in [6.45, 7) is 8.90. The lowest BCUT2D eigenvalue weighted by Crippen LogP contribution is -2.26. The quantitative estimate of drug-likeness (QED) is 0.697. The molecule has 0 radical (unpaired) electrons. The van der Waals surface area contributed by atoms with E-state index < -0.39 is 0 Å². The minimum Gasteiger partial charge on any atom is -0.346 e. The van der Waals surface area contributed by atoms with Gasteiger partial charge >= 0.3 is 0 Å². The zero-order chi connectivity index (χ0) is 19.4. The third kappa shape index (κ3) is 4.64. The Morgan fingerprint density at radius 3 is 2.22 bits per heavy atom. The highest BCUT2D eigenvalue weighted by atomic mass is 16.1. The summed E-state index contributed by atoms with van der Waals surface area (Å²) >= 11 is 0. The Hall–Kier alpha value is -2.88. The third-order valence-electron chi connectivity index (χ3n) is 4.89. The Labute approximate surface area is 161 Å². The van der Waals surface area contributed by atoms with Crippen LogP contribution in [0.5, 0.6) is 0 Å². The predicted molar refractivity (Wildman–Crippen MR) is 109 cm³/mol. The van der Waals surface area contributed by atoms with Gasteiger partial charge in [-0.1, -0.05) is 43.3 Å². The van der Waals surface area contributed by atoms with Crippen molar-refractivity contribution < 1.29 is 4.79 Å². The van der Waals surface area contributed by atoms with Crippen molar-refractivity contribution in [1.29, 1.82) is 0 Å². The summed E-state index contributed by atoms with van der Waals surface area (Å²) in [6, 6.07) is 18.2. The zero-order valence-electron chi connectivity index (χ0n) is 16.5. The first-order chi connectivity index (χ1) is 13.0. The second-order valence-corrected chi connectivity index (χ2v) is 7.07. The third-order valence-corrected chi connectivity index (χ3v) is 4.89. The molecule has 4 nitrogen and oxygen atoms in total. The minimum atomic E-state index is -0.0558. The van der Waals surface area contributed by atoms with Crippen LogP contribution in [0, 0.1) is 13.8 Å². The molecule has 140 valence electrons. The molecule has 2 aromatic carbocycles. The Balaban J connectivity index is 1.63. The summed E-state index contributed by atoms with van der Waals surface area (Å²) in [6.07, 6.45) is 1.02. The highest BCUT2D eigenvalue weighted by Crippen LogP contribution is 2.15. The van der Waals surface area contributed by atoms with Crippen molar-refractivity contribution in [2.24, 2.45) is 0 Å². The summed E-state index contributed by atoms with van der Waals surface area (Å²) in [4.78, 5) is 12.5. The second-order valence-electron chi connectivity index (χ2n) is 7.07. The molecule has 0 aliphatic heterocycles. The van der Waals surface area contributed by atoms with Gasteiger partial charge in [-0.05, 0) is 62.1 Å². The summed E-state index contributed by atoms with van der Waals surface area (Å²) in [7, 11) is 0. The number of nitrogens with zero attached hydrogens (tertiary/aromatic N) is 2. The first kappa shape index (κ1) is 18.9. The topological polar surface area (TPSA) is 46.9 Å². The summed E-state index contributed by atoms with van der Waals surface area (Å²) in [5.74, 6) is -0.0558. The number of amides is 1. The van der Waals surface area contributed by atoms with Crippen molar-refractivity contribution in [3.63, 3.8) is 0 Å². The van der Waals surface area contributed by atoms with Crippen molar-refractivity contribution >= 4 is 5.91 Å². The largest absolute Gasteiger partial charge is 0.346 e. The van der Waals surface area contributed by atoms with E-state index >= 15 is 0 Å². The highest BCUT2D eigenvalue weighted by molar-refractivity contribution is 5.94. The van der Waals surface area contributed by atoms with Crippen LogP contribution in [0.25, 0.3) is 0 Å². The molecule has 4 heteroatoms. The lowest BCUT2D eigenvalue weighted by Gasteiger charge is -2.15. The summed E-state index contributed by atoms with van der Waals surface area (Å²) in [5, 5.41) is 7.56. The number of rotatable bonds is 6. The number of carbonyl (C=O) groups is 1. The van der Waals surface area contributed by atoms with Crippen molar-refractivity contribution in [1.82, 2.24) is 15.1 Å². The maximum atomic E-state index is 12.5. The van der Waals surface area contributed by atoms with E-state index in [-0.39, 0.29) is 11.9 Å². The van der Waals surface area contributed by atoms with Crippen LogP contribution in [0.1, 0.15) is 58.3 Å². The fraction of sp³-hybridized carbons (Fsp3) is 0.304. The molecule has 0 aliphatic rings. The molecule has 1 aromatic heterocycles. The van der Waals surface area contributed by atoms with E-state index in [2.05, 4.69) is 54.6 Å². The predicted octanol–water partition coefficient (Wildman–Crippen LogP) is 4.60. The summed E-state index contributed by atoms with van der Waals surface area (Å²) < 4.78 is 1.98. The zero-order valence-corrected chi connectivity index (χ0v) is 16.5. The standard InChI is InChI=1S/C23H27N3O/c1-5-19-6-10-21(11-7-19)18(4)24-23(27)22-12-8-20(9-13-22)15-26-17(3)14-16(2)25-26/h6-14,18H,5,15H2,1-4H3,(H,24,27)/t18-/m0/s1. The van der Waals surface area contributed by atoms with Gasteiger partial charge in [0.05, 0.1) is 18.3 Å². The number of hydrogen-bond acceptors (Lipinski definition) is 2. The van der Waals surface area contributed by atoms with Gasteiger partial charge < -0.3 is 5.32 Å². The molecule has 1 heterocycles. The Morgan fingerprint density at radius 1 is 1.04 bits per heavy atom. The molecule has 1 amide bonds. The number of nitrogens with one attached hydrogen (secondary N) is 1. The molecular formula is C23H27N3O. The molecular weight excluding hydrogens is 334 g/mol. The van der Waals surface area contributed by atoms with Crippen molar-refractivity contribution in [2.75, 3.05) is 0 Å². The normalized spacial score (nSPS) is 12.0. The highest BCUT2D eigenvalue weighted by Gasteiger charge is 2.12. The van der Waals surface area contributed by atoms with Gasteiger partial charge in [0.2, 0.25) is 0 Å². The van der Waals surface area contributed by atoms with Crippen LogP contribution >= 0.6 is 0 Å². The van der Waals surface area contributed by atoms with Crippen LogP contribution in [0.15, 0.2) is 54.6 Å². The van der Waals surface area contributed by atoms with E-state index in [1.54, 1.807) is 0 Å². The maximum absolute atomic E-state index is 12.5. The van der Waals surface area contributed by atoms with Gasteiger partial charge in [-0.25, -0.2) is 0 Å². The van der Waals surface area contributed by atoms with Gasteiger partial charge in [0.1, 0.15) is 0 Å². The Kier molecular flexibility index (Phi) is 5.75. The van der Waals surface area contributed by atoms with Crippen molar-refractivity contribution in [3.8, 4) is 0 Å². The fourth-order valence-corrected chi connectivity index (χ4v) is 3.17. The van der Waals surface area contributed by atoms with E-state index in [0.717, 1.165) is 28.9 Å². The van der Waals surface area contributed by atoms with Crippen LogP contribution < -0.4 is 5.32 Å². The van der Waals surface area contributed by atoms with Crippen LogP contribution in [0.2, 0.25) is 0 Å². The van der Waals surface area contributed by atoms with Crippen LogP contribution in [0.3, 0.4) is 0 Å². The summed E-state index contributed by atoms with van der Waals surface area (Å²) in [5.41, 5.74) is 6.36. The SMILES string of the molecule is CCc1ccc([C@H](C)NC(=O)c2ccc(Cn3nc(C)cc3C)cc2)cc1. The van der Waals surface area contributed by atoms with Gasteiger partial charge in [-0.2, -0.15) is 5.10 Å². The Morgan fingerprint density at radius 2 is 1.67 bits per heavy atom. The van der Waals surface area contributed by atoms with Crippen molar-refractivity contribution in [2.45, 2.75) is 46.7 Å². The van der Waals surface area contributed by atoms with E-state index in [1.807, 2.05) is 42.8 Å². The second kappa shape index (κ2) is 8.21. The van der Waals surface area contributed by atoms with E-state index in [1.165, 1.54) is 5.56 Å². The molecule has 0 aliphatic carbocycles. The number of aryl methyl sites for hydroxylation is 3. The first-order valence-corrected chi connectivity index (χ1v) is 9.46. The number of carbonyl (C=O) groups excluding carboxylic acids is 1. The van der Waals surface area contributed by atoms with Crippen molar-refractivity contribution in [3.05, 3.63) is 88.2 Å². The number of aromatic nitrogens is 2. The molecule has 0 unspecified atom stereocenters. The van der Waals surface area contributed by atoms with E-state index in [0.29, 0.717) is 12.1 Å². The molecule has 1 N–H and O–H groups in total. The Bertz CT molecular complexity index is 908. The molecule has 0 fully saturated rings. The number of hydrogen-bond donors (Lipinski definition) is 1. The van der Waals surface area contributed by atoms with Crippen LogP contribution in [0.4, 0.5) is 0 Å². The average molecular weight is 361 g/mol. The monoisotopic (exact) mass is 361 g/mol. The molecule has 0 saturated carbocycles. The molecule has 0 bridgehead atoms. The molecule has 3 rings (SSSR count). The van der Waals surface area contributed by atoms with Gasteiger partial charge in [-0.15, -0.1) is 0 Å². The van der Waals surface area contributed by atoms with Gasteiger partial charge in [0.25, 0.3) is 5.91 Å². The lowest BCUT2D eigenvalue weighted by molar-refractivity contribution is 0.0940. The minimum absolute atomic E-state index is 0.0298.